The van der Waals surface area contributed by atoms with Gasteiger partial charge < -0.3 is 14.4 Å². The van der Waals surface area contributed by atoms with Gasteiger partial charge in [-0.1, -0.05) is 13.8 Å². The van der Waals surface area contributed by atoms with E-state index in [0.717, 1.165) is 36.5 Å². The van der Waals surface area contributed by atoms with Crippen LogP contribution in [0.5, 0.6) is 0 Å². The molecule has 1 aliphatic heterocycles. The predicted octanol–water partition coefficient (Wildman–Crippen LogP) is 4.68. The first kappa shape index (κ1) is 18.0. The maximum absolute atomic E-state index is 10.2. The first-order valence-corrected chi connectivity index (χ1v) is 11.3. The van der Waals surface area contributed by atoms with Crippen molar-refractivity contribution in [2.24, 2.45) is 34.5 Å². The van der Waals surface area contributed by atoms with Gasteiger partial charge in [0.2, 0.25) is 0 Å². The molecule has 0 radical (unpaired) electrons. The number of aliphatic hydroxyl groups excluding tert-OH is 1. The Morgan fingerprint density at radius 1 is 0.962 bits per heavy atom. The summed E-state index contributed by atoms with van der Waals surface area (Å²) in [5.74, 6) is 3.26. The minimum absolute atomic E-state index is 0.0420. The third-order valence-corrected chi connectivity index (χ3v) is 10.2. The van der Waals surface area contributed by atoms with E-state index in [1.165, 1.54) is 44.9 Å². The van der Waals surface area contributed by atoms with E-state index in [4.69, 9.17) is 9.31 Å². The summed E-state index contributed by atoms with van der Waals surface area (Å²) in [5, 5.41) is 10.2. The predicted molar refractivity (Wildman–Crippen MR) is 104 cm³/mol. The van der Waals surface area contributed by atoms with Crippen LogP contribution in [0.25, 0.3) is 0 Å². The SMILES string of the molecule is CB1O[C@H](C)[C@]2(CC[C@H]3[C@@H]4CC[C@@H]5C[C@H](O)CC[C@]5(C)[C@H]4CC[C@@]32C)O1. The summed E-state index contributed by atoms with van der Waals surface area (Å²) in [7, 11) is -0.0496. The standard InChI is InChI=1S/C22H37BO3/c1-14-22(26-23(4)25-14)12-9-19-17-6-5-15-13-16(24)7-10-20(15,2)18(17)8-11-21(19,22)3/h14-19,24H,5-13H2,1-4H3/t14-,15-,16-,17-,18+,19+,20+,21+,22+/m1/s1. The van der Waals surface area contributed by atoms with Gasteiger partial charge in [0.1, 0.15) is 0 Å². The lowest BCUT2D eigenvalue weighted by Crippen LogP contribution is -2.58. The number of fused-ring (bicyclic) bond motifs is 6. The monoisotopic (exact) mass is 360 g/mol. The molecule has 1 heterocycles. The molecule has 4 aliphatic carbocycles. The van der Waals surface area contributed by atoms with Crippen molar-refractivity contribution in [3.8, 4) is 0 Å². The Morgan fingerprint density at radius 3 is 2.46 bits per heavy atom. The lowest BCUT2D eigenvalue weighted by molar-refractivity contribution is -0.155. The molecule has 146 valence electrons. The van der Waals surface area contributed by atoms with Gasteiger partial charge in [0.25, 0.3) is 0 Å². The van der Waals surface area contributed by atoms with Crippen LogP contribution in [0.3, 0.4) is 0 Å². The molecule has 5 fully saturated rings. The Morgan fingerprint density at radius 2 is 1.73 bits per heavy atom. The molecule has 9 atom stereocenters. The summed E-state index contributed by atoms with van der Waals surface area (Å²) in [6.45, 7) is 9.45. The average molecular weight is 360 g/mol. The molecule has 4 heteroatoms. The zero-order chi connectivity index (χ0) is 18.3. The van der Waals surface area contributed by atoms with E-state index in [-0.39, 0.29) is 30.3 Å². The van der Waals surface area contributed by atoms with Crippen LogP contribution in [0.15, 0.2) is 0 Å². The molecule has 0 bridgehead atoms. The van der Waals surface area contributed by atoms with Crippen molar-refractivity contribution in [2.75, 3.05) is 0 Å². The minimum atomic E-state index is -0.0530. The molecule has 0 unspecified atom stereocenters. The molecule has 0 aromatic heterocycles. The van der Waals surface area contributed by atoms with Gasteiger partial charge in [-0.25, -0.2) is 0 Å². The normalized spacial score (nSPS) is 59.2. The zero-order valence-electron chi connectivity index (χ0n) is 17.2. The van der Waals surface area contributed by atoms with Crippen molar-refractivity contribution in [3.05, 3.63) is 0 Å². The number of hydrogen-bond acceptors (Lipinski definition) is 3. The van der Waals surface area contributed by atoms with Crippen molar-refractivity contribution in [3.63, 3.8) is 0 Å². The van der Waals surface area contributed by atoms with Crippen molar-refractivity contribution in [2.45, 2.75) is 103 Å². The van der Waals surface area contributed by atoms with Crippen LogP contribution in [-0.2, 0) is 9.31 Å². The molecule has 5 aliphatic rings. The second-order valence-corrected chi connectivity index (χ2v) is 10.9. The minimum Gasteiger partial charge on any atom is -0.406 e. The van der Waals surface area contributed by atoms with E-state index in [2.05, 4.69) is 27.6 Å². The Bertz CT molecular complexity index is 584. The van der Waals surface area contributed by atoms with Gasteiger partial charge in [-0.05, 0) is 101 Å². The highest BCUT2D eigenvalue weighted by Crippen LogP contribution is 2.70. The van der Waals surface area contributed by atoms with E-state index in [1.807, 2.05) is 0 Å². The summed E-state index contributed by atoms with van der Waals surface area (Å²) in [4.78, 5) is 0. The van der Waals surface area contributed by atoms with E-state index in [1.54, 1.807) is 0 Å². The Hall–Kier alpha value is -0.0551. The maximum Gasteiger partial charge on any atom is 0.454 e. The van der Waals surface area contributed by atoms with Crippen LogP contribution in [-0.4, -0.2) is 30.0 Å². The van der Waals surface area contributed by atoms with E-state index in [0.29, 0.717) is 5.41 Å². The van der Waals surface area contributed by atoms with Crippen LogP contribution in [0.2, 0.25) is 6.82 Å². The van der Waals surface area contributed by atoms with E-state index >= 15 is 0 Å². The molecule has 0 amide bonds. The summed E-state index contributed by atoms with van der Waals surface area (Å²) in [5.41, 5.74) is 0.684. The second kappa shape index (κ2) is 5.73. The lowest BCUT2D eigenvalue weighted by Gasteiger charge is -2.62. The third-order valence-electron chi connectivity index (χ3n) is 10.2. The van der Waals surface area contributed by atoms with Crippen molar-refractivity contribution < 1.29 is 14.4 Å². The topological polar surface area (TPSA) is 38.7 Å². The second-order valence-electron chi connectivity index (χ2n) is 10.9. The molecule has 26 heavy (non-hydrogen) atoms. The fourth-order valence-electron chi connectivity index (χ4n) is 8.95. The van der Waals surface area contributed by atoms with Gasteiger partial charge in [-0.2, -0.15) is 0 Å². The van der Waals surface area contributed by atoms with Crippen LogP contribution in [0.4, 0.5) is 0 Å². The van der Waals surface area contributed by atoms with E-state index in [9.17, 15) is 5.11 Å². The van der Waals surface area contributed by atoms with Crippen LogP contribution in [0.1, 0.15) is 78.6 Å². The Kier molecular flexibility index (Phi) is 3.97. The molecule has 1 saturated heterocycles. The fraction of sp³-hybridized carbons (Fsp3) is 1.00. The summed E-state index contributed by atoms with van der Waals surface area (Å²) >= 11 is 0. The highest BCUT2D eigenvalue weighted by molar-refractivity contribution is 6.43. The first-order valence-electron chi connectivity index (χ1n) is 11.3. The quantitative estimate of drug-likeness (QED) is 0.638. The number of hydrogen-bond donors (Lipinski definition) is 1. The number of rotatable bonds is 0. The van der Waals surface area contributed by atoms with Crippen LogP contribution >= 0.6 is 0 Å². The lowest BCUT2D eigenvalue weighted by atomic mass is 9.44. The first-order chi connectivity index (χ1) is 12.3. The van der Waals surface area contributed by atoms with Crippen LogP contribution < -0.4 is 0 Å². The molecule has 3 nitrogen and oxygen atoms in total. The largest absolute Gasteiger partial charge is 0.454 e. The molecular formula is C22H37BO3. The molecule has 1 N–H and O–H groups in total. The molecule has 1 spiro atoms. The third kappa shape index (κ3) is 2.13. The van der Waals surface area contributed by atoms with Gasteiger partial charge in [0, 0.05) is 5.41 Å². The fourth-order valence-corrected chi connectivity index (χ4v) is 8.95. The van der Waals surface area contributed by atoms with Gasteiger partial charge in [-0.3, -0.25) is 0 Å². The summed E-state index contributed by atoms with van der Waals surface area (Å²) in [6, 6.07) is 0. The van der Waals surface area contributed by atoms with Crippen molar-refractivity contribution in [1.82, 2.24) is 0 Å². The highest BCUT2D eigenvalue weighted by atomic mass is 16.7. The molecule has 0 aromatic carbocycles. The van der Waals surface area contributed by atoms with Gasteiger partial charge >= 0.3 is 7.12 Å². The molecule has 5 rings (SSSR count). The van der Waals surface area contributed by atoms with Crippen LogP contribution in [0, 0.1) is 34.5 Å². The van der Waals surface area contributed by atoms with Gasteiger partial charge in [0.05, 0.1) is 17.8 Å². The summed E-state index contributed by atoms with van der Waals surface area (Å²) in [6.07, 6.45) is 11.4. The number of aliphatic hydroxyl groups is 1. The molecule has 0 aromatic rings. The molecular weight excluding hydrogens is 323 g/mol. The molecule has 4 saturated carbocycles. The summed E-state index contributed by atoms with van der Waals surface area (Å²) < 4.78 is 12.7. The highest BCUT2D eigenvalue weighted by Gasteiger charge is 2.69. The van der Waals surface area contributed by atoms with Gasteiger partial charge in [0.15, 0.2) is 0 Å². The van der Waals surface area contributed by atoms with Crippen molar-refractivity contribution >= 4 is 7.12 Å². The Labute approximate surface area is 159 Å². The average Bonchev–Trinajstić information content (AvgIpc) is 3.05. The van der Waals surface area contributed by atoms with Crippen molar-refractivity contribution in [1.29, 1.82) is 0 Å². The maximum atomic E-state index is 10.2. The smallest absolute Gasteiger partial charge is 0.406 e. The Balaban J connectivity index is 1.45. The zero-order valence-corrected chi connectivity index (χ0v) is 17.2. The van der Waals surface area contributed by atoms with E-state index < -0.39 is 0 Å². The van der Waals surface area contributed by atoms with Gasteiger partial charge in [-0.15, -0.1) is 0 Å².